The highest BCUT2D eigenvalue weighted by Crippen LogP contribution is 2.35. The molecule has 5 N–H and O–H groups in total. The molecule has 4 amide bonds. The number of rotatable bonds is 25. The van der Waals surface area contributed by atoms with Crippen LogP contribution in [0.3, 0.4) is 0 Å². The largest absolute Gasteiger partial charge is 0.391 e. The first kappa shape index (κ1) is 59.0. The summed E-state index contributed by atoms with van der Waals surface area (Å²) in [6.07, 6.45) is 0.823. The number of benzene rings is 4. The maximum absolute atomic E-state index is 15.0. The fraction of sp³-hybridized carbons (Fsp3) is 0.379. The van der Waals surface area contributed by atoms with Crippen LogP contribution in [0.1, 0.15) is 71.9 Å². The summed E-state index contributed by atoms with van der Waals surface area (Å²) in [7, 11) is 0. The summed E-state index contributed by atoms with van der Waals surface area (Å²) in [6.45, 7) is 10.2. The molecule has 0 saturated carbocycles. The zero-order chi connectivity index (χ0) is 56.8. The second kappa shape index (κ2) is 27.9. The number of halogens is 3. The van der Waals surface area contributed by atoms with E-state index in [4.69, 9.17) is 35.5 Å². The van der Waals surface area contributed by atoms with Crippen LogP contribution in [0.5, 0.6) is 0 Å². The highest BCUT2D eigenvalue weighted by molar-refractivity contribution is 7.13. The molecular weight excluding hydrogens is 1070 g/mol. The van der Waals surface area contributed by atoms with Crippen molar-refractivity contribution in [2.45, 2.75) is 71.8 Å². The van der Waals surface area contributed by atoms with Gasteiger partial charge in [-0.3, -0.25) is 24.2 Å². The number of nitrogens with zero attached hydrogens (tertiary/aromatic N) is 5. The Balaban J connectivity index is 0.661. The van der Waals surface area contributed by atoms with Crippen molar-refractivity contribution in [1.82, 2.24) is 35.8 Å². The topological polar surface area (TPSA) is 228 Å². The lowest BCUT2D eigenvalue weighted by atomic mass is 9.85. The Morgan fingerprint density at radius 1 is 0.838 bits per heavy atom. The maximum Gasteiger partial charge on any atom is 0.251 e. The molecule has 1 saturated heterocycles. The van der Waals surface area contributed by atoms with E-state index in [0.717, 1.165) is 21.7 Å². The lowest BCUT2D eigenvalue weighted by Gasteiger charge is -2.35. The number of aryl methyl sites for hydroxylation is 1. The second-order valence-corrected chi connectivity index (χ2v) is 21.4. The number of hydrogen-bond donors (Lipinski definition) is 5. The van der Waals surface area contributed by atoms with Crippen molar-refractivity contribution in [1.29, 1.82) is 0 Å². The van der Waals surface area contributed by atoms with Crippen LogP contribution in [0.2, 0.25) is 5.02 Å². The smallest absolute Gasteiger partial charge is 0.251 e. The molecule has 8 rings (SSSR count). The average molecular weight is 1140 g/mol. The number of carbonyl (C=O) groups is 4. The normalized spacial score (nSPS) is 15.3. The molecule has 2 aliphatic rings. The van der Waals surface area contributed by atoms with Gasteiger partial charge >= 0.3 is 0 Å². The molecule has 0 spiro atoms. The van der Waals surface area contributed by atoms with Crippen molar-refractivity contribution in [3.05, 3.63) is 147 Å². The molecule has 0 aliphatic carbocycles. The van der Waals surface area contributed by atoms with Crippen molar-refractivity contribution < 1.29 is 52.0 Å². The third-order valence-corrected chi connectivity index (χ3v) is 14.4. The molecule has 6 aromatic rings. The van der Waals surface area contributed by atoms with Crippen LogP contribution in [0, 0.1) is 24.0 Å². The minimum atomic E-state index is -0.951. The molecule has 422 valence electrons. The van der Waals surface area contributed by atoms with E-state index >= 15 is 0 Å². The first-order chi connectivity index (χ1) is 38.5. The zero-order valence-electron chi connectivity index (χ0n) is 44.9. The number of nitrogens with one attached hydrogen (secondary N) is 4. The Morgan fingerprint density at radius 2 is 1.51 bits per heavy atom. The predicted molar refractivity (Wildman–Crippen MR) is 300 cm³/mol. The molecule has 0 radical (unpaired) electrons. The van der Waals surface area contributed by atoms with Crippen LogP contribution < -0.4 is 21.3 Å². The van der Waals surface area contributed by atoms with Crippen LogP contribution in [-0.2, 0) is 46.4 Å². The number of aliphatic hydroxyl groups excluding tert-OH is 1. The quantitative estimate of drug-likeness (QED) is 0.0349. The summed E-state index contributed by atoms with van der Waals surface area (Å²) in [6, 6.07) is 21.4. The minimum absolute atomic E-state index is 0.000738. The van der Waals surface area contributed by atoms with E-state index in [0.29, 0.717) is 65.1 Å². The van der Waals surface area contributed by atoms with E-state index < -0.39 is 41.1 Å². The van der Waals surface area contributed by atoms with Crippen LogP contribution in [0.4, 0.5) is 20.4 Å². The number of thiazole rings is 1. The molecule has 22 heteroatoms. The summed E-state index contributed by atoms with van der Waals surface area (Å²) in [5.41, 5.74) is 7.13. The van der Waals surface area contributed by atoms with Gasteiger partial charge in [-0.2, -0.15) is 0 Å². The molecule has 4 aromatic carbocycles. The first-order valence-electron chi connectivity index (χ1n) is 26.2. The van der Waals surface area contributed by atoms with Gasteiger partial charge in [0.15, 0.2) is 0 Å². The number of likely N-dealkylation sites (tertiary alicyclic amines) is 1. The third-order valence-electron chi connectivity index (χ3n) is 13.2. The number of anilines is 2. The number of β-amino-alcohol motifs (C(OH)–C–C–N with tert-alkyl or cyclic N) is 1. The Labute approximate surface area is 471 Å². The van der Waals surface area contributed by atoms with Gasteiger partial charge in [0.2, 0.25) is 23.7 Å². The standard InChI is InChI=1S/C58H64ClF2N9O9S/c1-35-52(80-34-66-35)37-10-8-36(9-11-37)30-64-55(74)47-29-42(71)33-70(47)56(75)53(58(2,3)4)68-48(72)18-20-76-22-24-78-26-27-79-25-23-77-21-19-62-54(73)38-12-15-41(16-13-38)67-57-65-32-39-31-63-51(49-45(60)6-5-7-46(49)61)44-28-40(59)14-17-43(44)50(39)69-57/h5-17,28,32,34,42,47,53,71H,18-27,29-31,33H2,1-4H3,(H,62,73)(H,64,74)(H,68,72)(H,65,67,69)/t42-,47+,53-/m1/s1. The van der Waals surface area contributed by atoms with Gasteiger partial charge in [0, 0.05) is 71.6 Å². The number of fused-ring (bicyclic) bond motifs is 3. The van der Waals surface area contributed by atoms with Gasteiger partial charge in [-0.1, -0.05) is 68.8 Å². The van der Waals surface area contributed by atoms with Crippen molar-refractivity contribution in [3.8, 4) is 21.7 Å². The Bertz CT molecular complexity index is 3140. The van der Waals surface area contributed by atoms with Gasteiger partial charge in [0.05, 0.1) is 98.6 Å². The number of hydrogen-bond acceptors (Lipinski definition) is 15. The van der Waals surface area contributed by atoms with Crippen LogP contribution in [-0.4, -0.2) is 138 Å². The molecule has 2 aromatic heterocycles. The Morgan fingerprint density at radius 3 is 2.17 bits per heavy atom. The van der Waals surface area contributed by atoms with Gasteiger partial charge in [-0.25, -0.2) is 23.7 Å². The molecule has 0 unspecified atom stereocenters. The van der Waals surface area contributed by atoms with E-state index in [1.807, 2.05) is 52.0 Å². The molecule has 1 fully saturated rings. The van der Waals surface area contributed by atoms with E-state index in [1.165, 1.54) is 23.1 Å². The van der Waals surface area contributed by atoms with Gasteiger partial charge in [0.25, 0.3) is 5.91 Å². The van der Waals surface area contributed by atoms with E-state index in [-0.39, 0.29) is 100 Å². The summed E-state index contributed by atoms with van der Waals surface area (Å²) < 4.78 is 52.2. The van der Waals surface area contributed by atoms with Crippen molar-refractivity contribution in [2.24, 2.45) is 10.4 Å². The lowest BCUT2D eigenvalue weighted by molar-refractivity contribution is -0.144. The van der Waals surface area contributed by atoms with Crippen LogP contribution >= 0.6 is 22.9 Å². The van der Waals surface area contributed by atoms with Gasteiger partial charge in [-0.15, -0.1) is 11.3 Å². The third kappa shape index (κ3) is 15.6. The van der Waals surface area contributed by atoms with Crippen LogP contribution in [0.25, 0.3) is 21.7 Å². The van der Waals surface area contributed by atoms with Gasteiger partial charge in [0.1, 0.15) is 23.7 Å². The maximum atomic E-state index is 15.0. The minimum Gasteiger partial charge on any atom is -0.391 e. The molecule has 4 heterocycles. The molecule has 80 heavy (non-hydrogen) atoms. The number of ether oxygens (including phenoxy) is 4. The Kier molecular flexibility index (Phi) is 20.5. The van der Waals surface area contributed by atoms with Gasteiger partial charge in [-0.05, 0) is 72.0 Å². The SMILES string of the molecule is Cc1ncsc1-c1ccc(CNC(=O)[C@@H]2C[C@@H](O)CN2C(=O)[C@@H](NC(=O)CCOCCOCCOCCOCCNC(=O)c2ccc(Nc3ncc4c(n3)-c3ccc(Cl)cc3C(c3c(F)cccc3F)=NC4)cc2)C(C)(C)C)cc1. The van der Waals surface area contributed by atoms with E-state index in [2.05, 4.69) is 36.2 Å². The highest BCUT2D eigenvalue weighted by atomic mass is 35.5. The van der Waals surface area contributed by atoms with Crippen molar-refractivity contribution >= 4 is 63.9 Å². The van der Waals surface area contributed by atoms with Crippen LogP contribution in [0.15, 0.2) is 102 Å². The molecule has 2 aliphatic heterocycles. The monoisotopic (exact) mass is 1140 g/mol. The summed E-state index contributed by atoms with van der Waals surface area (Å²) in [4.78, 5) is 73.8. The average Bonchev–Trinajstić information content (AvgIpc) is 4.08. The number of aromatic nitrogens is 3. The van der Waals surface area contributed by atoms with Crippen molar-refractivity contribution in [2.75, 3.05) is 71.3 Å². The summed E-state index contributed by atoms with van der Waals surface area (Å²) >= 11 is 7.91. The van der Waals surface area contributed by atoms with Crippen molar-refractivity contribution in [3.63, 3.8) is 0 Å². The fourth-order valence-corrected chi connectivity index (χ4v) is 10.0. The molecule has 18 nitrogen and oxygen atoms in total. The molecular formula is C58H64ClF2N9O9S. The van der Waals surface area contributed by atoms with Gasteiger partial charge < -0.3 is 50.2 Å². The zero-order valence-corrected chi connectivity index (χ0v) is 46.4. The summed E-state index contributed by atoms with van der Waals surface area (Å²) in [5.74, 6) is -2.71. The highest BCUT2D eigenvalue weighted by Gasteiger charge is 2.44. The number of aliphatic imine (C=N–C) groups is 1. The number of carbonyl (C=O) groups excluding carboxylic acids is 4. The molecule has 0 bridgehead atoms. The first-order valence-corrected chi connectivity index (χ1v) is 27.5. The molecule has 3 atom stereocenters. The number of aliphatic hydroxyl groups is 1. The fourth-order valence-electron chi connectivity index (χ4n) is 9.03. The lowest BCUT2D eigenvalue weighted by Crippen LogP contribution is -2.57. The predicted octanol–water partition coefficient (Wildman–Crippen LogP) is 7.60. The van der Waals surface area contributed by atoms with E-state index in [1.54, 1.807) is 65.5 Å². The van der Waals surface area contributed by atoms with E-state index in [9.17, 15) is 33.1 Å². The Hall–Kier alpha value is -7.11. The summed E-state index contributed by atoms with van der Waals surface area (Å²) in [5, 5.41) is 22.7. The number of amides is 4. The second-order valence-electron chi connectivity index (χ2n) is 20.1.